The number of hydrogen-bond acceptors (Lipinski definition) is 6. The van der Waals surface area contributed by atoms with Crippen molar-refractivity contribution in [1.82, 2.24) is 0 Å². The number of carbonyl (C=O) groups is 3. The molecule has 6 nitrogen and oxygen atoms in total. The molecule has 6 heteroatoms. The van der Waals surface area contributed by atoms with Crippen molar-refractivity contribution in [2.45, 2.75) is 277 Å². The van der Waals surface area contributed by atoms with Crippen LogP contribution in [0.4, 0.5) is 0 Å². The molecule has 1 atom stereocenters. The Kier molecular flexibility index (Phi) is 53.4. The molecule has 0 amide bonds. The van der Waals surface area contributed by atoms with Crippen LogP contribution in [-0.4, -0.2) is 37.2 Å². The van der Waals surface area contributed by atoms with Crippen LogP contribution in [0.25, 0.3) is 0 Å². The van der Waals surface area contributed by atoms with E-state index in [-0.39, 0.29) is 31.1 Å². The average Bonchev–Trinajstić information content (AvgIpc) is 3.34. The van der Waals surface area contributed by atoms with E-state index in [1.165, 1.54) is 109 Å². The Morgan fingerprint density at radius 2 is 0.574 bits per heavy atom. The highest BCUT2D eigenvalue weighted by Gasteiger charge is 2.19. The van der Waals surface area contributed by atoms with Gasteiger partial charge in [-0.15, -0.1) is 0 Å². The number of carbonyl (C=O) groups excluding carboxylic acids is 3. The Morgan fingerprint density at radius 1 is 0.309 bits per heavy atom. The Bertz CT molecular complexity index is 1320. The fraction of sp³-hybridized carbons (Fsp3) is 0.726. The van der Waals surface area contributed by atoms with Gasteiger partial charge in [-0.2, -0.15) is 0 Å². The van der Waals surface area contributed by atoms with E-state index in [9.17, 15) is 14.4 Å². The van der Waals surface area contributed by atoms with Gasteiger partial charge >= 0.3 is 17.9 Å². The predicted molar refractivity (Wildman–Crippen MR) is 293 cm³/mol. The van der Waals surface area contributed by atoms with Gasteiger partial charge in [0.1, 0.15) is 13.2 Å². The Balaban J connectivity index is 4.29. The van der Waals surface area contributed by atoms with Gasteiger partial charge in [0.2, 0.25) is 0 Å². The largest absolute Gasteiger partial charge is 0.462 e. The second kappa shape index (κ2) is 56.2. The topological polar surface area (TPSA) is 78.9 Å². The van der Waals surface area contributed by atoms with Gasteiger partial charge < -0.3 is 14.2 Å². The molecule has 1 unspecified atom stereocenters. The van der Waals surface area contributed by atoms with Gasteiger partial charge in [-0.3, -0.25) is 14.4 Å². The quantitative estimate of drug-likeness (QED) is 0.0262. The lowest BCUT2D eigenvalue weighted by molar-refractivity contribution is -0.167. The molecule has 0 rings (SSSR count). The molecule has 68 heavy (non-hydrogen) atoms. The second-order valence-corrected chi connectivity index (χ2v) is 18.8. The van der Waals surface area contributed by atoms with E-state index in [0.717, 1.165) is 122 Å². The van der Waals surface area contributed by atoms with Crippen LogP contribution < -0.4 is 0 Å². The molecule has 390 valence electrons. The molecule has 0 aliphatic heterocycles. The first kappa shape index (κ1) is 64.6. The highest BCUT2D eigenvalue weighted by molar-refractivity contribution is 5.71. The lowest BCUT2D eigenvalue weighted by Crippen LogP contribution is -2.30. The van der Waals surface area contributed by atoms with Crippen molar-refractivity contribution in [3.8, 4) is 0 Å². The van der Waals surface area contributed by atoms with Crippen LogP contribution in [0.15, 0.2) is 85.1 Å². The summed E-state index contributed by atoms with van der Waals surface area (Å²) in [5.41, 5.74) is 0. The number of ether oxygens (including phenoxy) is 3. The summed E-state index contributed by atoms with van der Waals surface area (Å²) < 4.78 is 16.8. The van der Waals surface area contributed by atoms with Crippen molar-refractivity contribution < 1.29 is 28.6 Å². The van der Waals surface area contributed by atoms with Crippen molar-refractivity contribution >= 4 is 17.9 Å². The van der Waals surface area contributed by atoms with Crippen LogP contribution in [-0.2, 0) is 28.6 Å². The molecule has 0 spiro atoms. The molecule has 0 bridgehead atoms. The number of unbranched alkanes of at least 4 members (excludes halogenated alkanes) is 26. The molecule has 0 N–H and O–H groups in total. The molecule has 0 saturated carbocycles. The van der Waals surface area contributed by atoms with Crippen molar-refractivity contribution in [3.63, 3.8) is 0 Å². The van der Waals surface area contributed by atoms with Crippen molar-refractivity contribution in [2.75, 3.05) is 13.2 Å². The average molecular weight is 948 g/mol. The minimum Gasteiger partial charge on any atom is -0.462 e. The van der Waals surface area contributed by atoms with E-state index >= 15 is 0 Å². The lowest BCUT2D eigenvalue weighted by Gasteiger charge is -2.18. The molecular weight excluding hydrogens is 841 g/mol. The van der Waals surface area contributed by atoms with Crippen LogP contribution in [0.3, 0.4) is 0 Å². The van der Waals surface area contributed by atoms with E-state index in [1.807, 2.05) is 0 Å². The second-order valence-electron chi connectivity index (χ2n) is 18.8. The van der Waals surface area contributed by atoms with E-state index < -0.39 is 6.10 Å². The zero-order valence-electron chi connectivity index (χ0n) is 44.6. The summed E-state index contributed by atoms with van der Waals surface area (Å²) in [5, 5.41) is 0. The number of rotatable bonds is 51. The summed E-state index contributed by atoms with van der Waals surface area (Å²) in [7, 11) is 0. The molecule has 0 saturated heterocycles. The Labute approximate surface area is 420 Å². The third-order valence-electron chi connectivity index (χ3n) is 12.2. The SMILES string of the molecule is CC/C=C\C/C=C\C/C=C\C/C=C\C/C=C\C/C=C\C/C=C\CCCCCCCC(=O)OCC(COC(=O)CCCCCCCCCCCCC)OC(=O)CCCCCCCCCCCCCC. The van der Waals surface area contributed by atoms with E-state index in [4.69, 9.17) is 14.2 Å². The minimum absolute atomic E-state index is 0.0792. The summed E-state index contributed by atoms with van der Waals surface area (Å²) in [6, 6.07) is 0. The minimum atomic E-state index is -0.780. The molecule has 0 aliphatic carbocycles. The van der Waals surface area contributed by atoms with Crippen molar-refractivity contribution in [1.29, 1.82) is 0 Å². The van der Waals surface area contributed by atoms with Crippen molar-refractivity contribution in [2.24, 2.45) is 0 Å². The number of hydrogen-bond donors (Lipinski definition) is 0. The van der Waals surface area contributed by atoms with Gasteiger partial charge in [-0.25, -0.2) is 0 Å². The zero-order chi connectivity index (χ0) is 49.3. The van der Waals surface area contributed by atoms with E-state index in [0.29, 0.717) is 19.3 Å². The summed E-state index contributed by atoms with van der Waals surface area (Å²) >= 11 is 0. The summed E-state index contributed by atoms with van der Waals surface area (Å²) in [6.07, 6.45) is 72.9. The normalized spacial score (nSPS) is 12.7. The van der Waals surface area contributed by atoms with Gasteiger partial charge in [0.15, 0.2) is 6.10 Å². The van der Waals surface area contributed by atoms with Crippen LogP contribution in [0.2, 0.25) is 0 Å². The summed E-state index contributed by atoms with van der Waals surface area (Å²) in [4.78, 5) is 38.0. The lowest BCUT2D eigenvalue weighted by atomic mass is 10.0. The maximum absolute atomic E-state index is 12.8. The molecule has 0 aromatic carbocycles. The van der Waals surface area contributed by atoms with Crippen LogP contribution in [0.5, 0.6) is 0 Å². The van der Waals surface area contributed by atoms with E-state index in [2.05, 4.69) is 106 Å². The number of esters is 3. The monoisotopic (exact) mass is 947 g/mol. The molecule has 0 aromatic heterocycles. The molecule has 0 aliphatic rings. The Hall–Kier alpha value is -3.41. The van der Waals surface area contributed by atoms with Crippen LogP contribution >= 0.6 is 0 Å². The molecule has 0 radical (unpaired) electrons. The maximum atomic E-state index is 12.8. The first-order valence-corrected chi connectivity index (χ1v) is 28.6. The van der Waals surface area contributed by atoms with Crippen LogP contribution in [0, 0.1) is 0 Å². The fourth-order valence-corrected chi connectivity index (χ4v) is 7.89. The highest BCUT2D eigenvalue weighted by Crippen LogP contribution is 2.15. The highest BCUT2D eigenvalue weighted by atomic mass is 16.6. The van der Waals surface area contributed by atoms with Crippen LogP contribution in [0.1, 0.15) is 271 Å². The summed E-state index contributed by atoms with van der Waals surface area (Å²) in [5.74, 6) is -0.894. The molecule has 0 aromatic rings. The third-order valence-corrected chi connectivity index (χ3v) is 12.2. The number of allylic oxidation sites excluding steroid dienone is 14. The predicted octanol–water partition coefficient (Wildman–Crippen LogP) is 19.2. The smallest absolute Gasteiger partial charge is 0.306 e. The van der Waals surface area contributed by atoms with Gasteiger partial charge in [0.25, 0.3) is 0 Å². The molecule has 0 fully saturated rings. The van der Waals surface area contributed by atoms with Gasteiger partial charge in [-0.1, -0.05) is 260 Å². The third kappa shape index (κ3) is 53.5. The van der Waals surface area contributed by atoms with Gasteiger partial charge in [0.05, 0.1) is 0 Å². The molecule has 0 heterocycles. The van der Waals surface area contributed by atoms with Gasteiger partial charge in [0, 0.05) is 19.3 Å². The van der Waals surface area contributed by atoms with Crippen molar-refractivity contribution in [3.05, 3.63) is 85.1 Å². The first-order chi connectivity index (χ1) is 33.5. The first-order valence-electron chi connectivity index (χ1n) is 28.6. The zero-order valence-corrected chi connectivity index (χ0v) is 44.6. The standard InChI is InChI=1S/C62H106O6/c1-4-7-10-13-16-19-22-24-25-26-27-28-29-30-31-32-33-34-35-36-37-38-41-43-46-49-52-55-61(64)67-58-59(57-66-60(63)54-51-48-45-42-39-21-18-15-12-9-6-3)68-62(65)56-53-50-47-44-40-23-20-17-14-11-8-5-2/h7,10,16,19,24-25,27-28,30-31,33-34,36-37,59H,4-6,8-9,11-15,17-18,20-23,26,29,32,35,38-58H2,1-3H3/b10-7-,19-16-,25-24-,28-27-,31-30-,34-33-,37-36-. The maximum Gasteiger partial charge on any atom is 0.306 e. The van der Waals surface area contributed by atoms with E-state index in [1.54, 1.807) is 0 Å². The molecular formula is C62H106O6. The fourth-order valence-electron chi connectivity index (χ4n) is 7.89. The van der Waals surface area contributed by atoms with Gasteiger partial charge in [-0.05, 0) is 77.0 Å². The Morgan fingerprint density at radius 3 is 0.897 bits per heavy atom. The summed E-state index contributed by atoms with van der Waals surface area (Å²) in [6.45, 7) is 6.51.